The fourth-order valence-corrected chi connectivity index (χ4v) is 6.68. The molecule has 3 fully saturated rings. The van der Waals surface area contributed by atoms with Crippen LogP contribution in [0, 0.1) is 28.6 Å². The van der Waals surface area contributed by atoms with Crippen LogP contribution in [0.5, 0.6) is 0 Å². The molecule has 0 aromatic carbocycles. The van der Waals surface area contributed by atoms with Crippen molar-refractivity contribution in [2.75, 3.05) is 6.61 Å². The zero-order chi connectivity index (χ0) is 19.8. The third-order valence-corrected chi connectivity index (χ3v) is 8.03. The molecule has 0 spiro atoms. The van der Waals surface area contributed by atoms with E-state index in [1.807, 2.05) is 6.92 Å². The second-order valence-corrected chi connectivity index (χ2v) is 9.16. The molecule has 0 aromatic heterocycles. The summed E-state index contributed by atoms with van der Waals surface area (Å²) in [7, 11) is 0. The normalized spacial score (nSPS) is 48.6. The lowest BCUT2D eigenvalue weighted by Crippen LogP contribution is -2.61. The molecule has 0 aromatic rings. The molecule has 3 saturated carbocycles. The van der Waals surface area contributed by atoms with Crippen molar-refractivity contribution in [3.05, 3.63) is 23.8 Å². The molecule has 146 valence electrons. The lowest BCUT2D eigenvalue weighted by atomic mass is 9.46. The highest BCUT2D eigenvalue weighted by Crippen LogP contribution is 2.66. The average molecular weight is 374 g/mol. The van der Waals surface area contributed by atoms with Crippen LogP contribution in [0.15, 0.2) is 23.8 Å². The Bertz CT molecular complexity index is 796. The lowest BCUT2D eigenvalue weighted by Gasteiger charge is -2.57. The second kappa shape index (κ2) is 5.69. The molecule has 6 heteroatoms. The smallest absolute Gasteiger partial charge is 0.190 e. The van der Waals surface area contributed by atoms with Gasteiger partial charge >= 0.3 is 0 Å². The van der Waals surface area contributed by atoms with Gasteiger partial charge < -0.3 is 15.3 Å². The number of carbonyl (C=O) groups is 3. The first-order valence-electron chi connectivity index (χ1n) is 9.61. The van der Waals surface area contributed by atoms with Crippen molar-refractivity contribution in [3.8, 4) is 0 Å². The van der Waals surface area contributed by atoms with Gasteiger partial charge in [-0.05, 0) is 48.8 Å². The van der Waals surface area contributed by atoms with Gasteiger partial charge in [-0.25, -0.2) is 0 Å². The molecule has 0 aliphatic heterocycles. The molecule has 7 atom stereocenters. The summed E-state index contributed by atoms with van der Waals surface area (Å²) in [6.07, 6.45) is 4.99. The molecule has 6 nitrogen and oxygen atoms in total. The molecular formula is C21H26O6. The van der Waals surface area contributed by atoms with Gasteiger partial charge in [0.05, 0.1) is 6.10 Å². The molecule has 4 aliphatic rings. The van der Waals surface area contributed by atoms with Gasteiger partial charge in [0.15, 0.2) is 11.6 Å². The molecule has 3 N–H and O–H groups in total. The minimum atomic E-state index is -1.71. The van der Waals surface area contributed by atoms with E-state index in [0.29, 0.717) is 18.4 Å². The maximum Gasteiger partial charge on any atom is 0.190 e. The van der Waals surface area contributed by atoms with E-state index in [4.69, 9.17) is 0 Å². The SMILES string of the molecule is C[C@]12C=CC(=O)C=C1[C@H](O)C[C@@H]1[C@@H]2C(=O)C[C@@]2(C)[C@H]1CC[C@]2(O)C(=O)CO. The van der Waals surface area contributed by atoms with E-state index < -0.39 is 34.9 Å². The third-order valence-electron chi connectivity index (χ3n) is 8.03. The quantitative estimate of drug-likeness (QED) is 0.657. The number of aliphatic hydroxyl groups is 3. The monoisotopic (exact) mass is 374 g/mol. The Morgan fingerprint density at radius 3 is 2.67 bits per heavy atom. The number of ketones is 3. The first kappa shape index (κ1) is 18.7. The number of allylic oxidation sites excluding steroid dienone is 3. The first-order chi connectivity index (χ1) is 12.6. The number of fused-ring (bicyclic) bond motifs is 5. The maximum absolute atomic E-state index is 13.3. The zero-order valence-electron chi connectivity index (χ0n) is 15.6. The highest BCUT2D eigenvalue weighted by atomic mass is 16.3. The van der Waals surface area contributed by atoms with Crippen molar-refractivity contribution >= 4 is 17.3 Å². The van der Waals surface area contributed by atoms with Gasteiger partial charge in [-0.15, -0.1) is 0 Å². The zero-order valence-corrected chi connectivity index (χ0v) is 15.6. The molecule has 0 heterocycles. The van der Waals surface area contributed by atoms with E-state index in [-0.39, 0.29) is 42.2 Å². The molecular weight excluding hydrogens is 348 g/mol. The van der Waals surface area contributed by atoms with Gasteiger partial charge in [-0.2, -0.15) is 0 Å². The average Bonchev–Trinajstić information content (AvgIpc) is 2.87. The molecule has 0 radical (unpaired) electrons. The van der Waals surface area contributed by atoms with E-state index in [1.54, 1.807) is 13.0 Å². The summed E-state index contributed by atoms with van der Waals surface area (Å²) in [6, 6.07) is 0. The number of rotatable bonds is 2. The van der Waals surface area contributed by atoms with Crippen molar-refractivity contribution in [2.24, 2.45) is 28.6 Å². The van der Waals surface area contributed by atoms with Crippen LogP contribution in [0.1, 0.15) is 39.5 Å². The van der Waals surface area contributed by atoms with Crippen LogP contribution in [-0.2, 0) is 14.4 Å². The Morgan fingerprint density at radius 2 is 2.00 bits per heavy atom. The summed E-state index contributed by atoms with van der Waals surface area (Å²) in [5.74, 6) is -1.56. The fraction of sp³-hybridized carbons (Fsp3) is 0.667. The van der Waals surface area contributed by atoms with Crippen LogP contribution in [0.25, 0.3) is 0 Å². The van der Waals surface area contributed by atoms with Gasteiger partial charge in [-0.1, -0.05) is 19.9 Å². The molecule has 4 rings (SSSR count). The molecule has 0 bridgehead atoms. The summed E-state index contributed by atoms with van der Waals surface area (Å²) in [5.41, 5.74) is -2.80. The minimum Gasteiger partial charge on any atom is -0.389 e. The Hall–Kier alpha value is -1.63. The van der Waals surface area contributed by atoms with E-state index in [0.717, 1.165) is 0 Å². The fourth-order valence-electron chi connectivity index (χ4n) is 6.68. The first-order valence-corrected chi connectivity index (χ1v) is 9.61. The Morgan fingerprint density at radius 1 is 1.30 bits per heavy atom. The lowest BCUT2D eigenvalue weighted by molar-refractivity contribution is -0.170. The third kappa shape index (κ3) is 2.20. The van der Waals surface area contributed by atoms with Gasteiger partial charge in [-0.3, -0.25) is 14.4 Å². The van der Waals surface area contributed by atoms with Crippen LogP contribution in [-0.4, -0.2) is 51.0 Å². The number of hydrogen-bond acceptors (Lipinski definition) is 6. The maximum atomic E-state index is 13.3. The summed E-state index contributed by atoms with van der Waals surface area (Å²) < 4.78 is 0. The van der Waals surface area contributed by atoms with E-state index in [9.17, 15) is 29.7 Å². The topological polar surface area (TPSA) is 112 Å². The Labute approximate surface area is 158 Å². The molecule has 0 saturated heterocycles. The number of aliphatic hydroxyl groups excluding tert-OH is 2. The summed E-state index contributed by atoms with van der Waals surface area (Å²) in [4.78, 5) is 37.5. The predicted octanol–water partition coefficient (Wildman–Crippen LogP) is 0.737. The van der Waals surface area contributed by atoms with Gasteiger partial charge in [0.2, 0.25) is 0 Å². The number of carbonyl (C=O) groups excluding carboxylic acids is 3. The molecule has 27 heavy (non-hydrogen) atoms. The summed E-state index contributed by atoms with van der Waals surface area (Å²) in [6.45, 7) is 2.91. The van der Waals surface area contributed by atoms with Gasteiger partial charge in [0.25, 0.3) is 0 Å². The van der Waals surface area contributed by atoms with Crippen LogP contribution in [0.2, 0.25) is 0 Å². The van der Waals surface area contributed by atoms with Crippen molar-refractivity contribution in [1.29, 1.82) is 0 Å². The van der Waals surface area contributed by atoms with E-state index in [1.165, 1.54) is 12.2 Å². The van der Waals surface area contributed by atoms with Crippen molar-refractivity contribution in [3.63, 3.8) is 0 Å². The van der Waals surface area contributed by atoms with Gasteiger partial charge in [0, 0.05) is 23.2 Å². The molecule has 4 aliphatic carbocycles. The largest absolute Gasteiger partial charge is 0.389 e. The number of hydrogen-bond donors (Lipinski definition) is 3. The van der Waals surface area contributed by atoms with E-state index >= 15 is 0 Å². The highest BCUT2D eigenvalue weighted by molar-refractivity contribution is 6.02. The summed E-state index contributed by atoms with van der Waals surface area (Å²) >= 11 is 0. The van der Waals surface area contributed by atoms with Crippen LogP contribution in [0.4, 0.5) is 0 Å². The Kier molecular flexibility index (Phi) is 3.94. The van der Waals surface area contributed by atoms with Crippen molar-refractivity contribution < 1.29 is 29.7 Å². The van der Waals surface area contributed by atoms with Crippen molar-refractivity contribution in [1.82, 2.24) is 0 Å². The van der Waals surface area contributed by atoms with Crippen LogP contribution >= 0.6 is 0 Å². The summed E-state index contributed by atoms with van der Waals surface area (Å²) in [5, 5.41) is 31.2. The van der Waals surface area contributed by atoms with Crippen LogP contribution < -0.4 is 0 Å². The molecule has 0 unspecified atom stereocenters. The van der Waals surface area contributed by atoms with E-state index in [2.05, 4.69) is 0 Å². The standard InChI is InChI=1S/C21H26O6/c1-19-5-3-11(23)7-14(19)15(24)8-12-13-4-6-21(27,17(26)10-22)20(13,2)9-16(25)18(12)19/h3,5,7,12-13,15,18,22,24,27H,4,6,8-10H2,1-2H3/t12-,13-,15+,18+,19-,20-,21-/m0/s1. The highest BCUT2D eigenvalue weighted by Gasteiger charge is 2.68. The minimum absolute atomic E-state index is 0.0517. The predicted molar refractivity (Wildman–Crippen MR) is 95.4 cm³/mol. The number of Topliss-reactive ketones (excluding diaryl/α,β-unsaturated/α-hetero) is 2. The van der Waals surface area contributed by atoms with Gasteiger partial charge in [0.1, 0.15) is 18.0 Å². The second-order valence-electron chi connectivity index (χ2n) is 9.16. The van der Waals surface area contributed by atoms with Crippen molar-refractivity contribution in [2.45, 2.75) is 51.2 Å². The van der Waals surface area contributed by atoms with Crippen LogP contribution in [0.3, 0.4) is 0 Å². The Balaban J connectivity index is 1.79. The molecule has 0 amide bonds.